The zero-order valence-corrected chi connectivity index (χ0v) is 17.4. The zero-order valence-electron chi connectivity index (χ0n) is 13.5. The first-order valence-electron chi connectivity index (χ1n) is 5.83. The van der Waals surface area contributed by atoms with E-state index in [0.29, 0.717) is 0 Å². The van der Waals surface area contributed by atoms with Crippen molar-refractivity contribution in [2.75, 3.05) is 0 Å². The predicted octanol–water partition coefficient (Wildman–Crippen LogP) is 1.43. The molecule has 0 saturated heterocycles. The maximum absolute atomic E-state index is 13.0. The number of alkyl halides is 17. The van der Waals surface area contributed by atoms with Gasteiger partial charge in [-0.15, -0.1) is 0 Å². The zero-order chi connectivity index (χ0) is 25.2. The molecule has 0 atom stereocenters. The molecule has 0 amide bonds. The van der Waals surface area contributed by atoms with E-state index in [0.717, 1.165) is 4.74 Å². The summed E-state index contributed by atoms with van der Waals surface area (Å²) in [6, 6.07) is 0. The van der Waals surface area contributed by atoms with Gasteiger partial charge in [0, 0.05) is 0 Å². The molecule has 182 valence electrons. The van der Waals surface area contributed by atoms with Crippen LogP contribution in [0, 0.1) is 0 Å². The van der Waals surface area contributed by atoms with Crippen molar-refractivity contribution in [3.63, 3.8) is 0 Å². The molecule has 0 aromatic rings. The van der Waals surface area contributed by atoms with Crippen molar-refractivity contribution in [1.82, 2.24) is 0 Å². The van der Waals surface area contributed by atoms with Gasteiger partial charge in [0.1, 0.15) is 0 Å². The van der Waals surface area contributed by atoms with Gasteiger partial charge in [0.25, 0.3) is 0 Å². The van der Waals surface area contributed by atoms with Crippen molar-refractivity contribution >= 4 is 10.1 Å². The summed E-state index contributed by atoms with van der Waals surface area (Å²) < 4.78 is 244. The van der Waals surface area contributed by atoms with Gasteiger partial charge < -0.3 is 4.55 Å². The van der Waals surface area contributed by atoms with Crippen LogP contribution in [0.25, 0.3) is 0 Å². The molecule has 0 aromatic carbocycles. The van der Waals surface area contributed by atoms with E-state index in [1.165, 1.54) is 0 Å². The van der Waals surface area contributed by atoms with E-state index in [-0.39, 0.29) is 51.4 Å². The number of halogens is 17. The van der Waals surface area contributed by atoms with E-state index in [9.17, 15) is 87.6 Å². The Kier molecular flexibility index (Phi) is 9.20. The quantitative estimate of drug-likeness (QED) is 0.259. The van der Waals surface area contributed by atoms with Gasteiger partial charge in [-0.1, -0.05) is 0 Å². The first-order chi connectivity index (χ1) is 12.5. The minimum atomic E-state index is -8.39. The van der Waals surface area contributed by atoms with Crippen molar-refractivity contribution < 1.29 is 144 Å². The van der Waals surface area contributed by atoms with E-state index >= 15 is 0 Å². The van der Waals surface area contributed by atoms with Crippen LogP contribution in [-0.4, -0.2) is 60.3 Å². The van der Waals surface area contributed by atoms with Gasteiger partial charge in [-0.05, 0) is 0 Å². The predicted molar refractivity (Wildman–Crippen MR) is 51.5 cm³/mol. The third-order valence-corrected chi connectivity index (χ3v) is 3.70. The minimum absolute atomic E-state index is 0. The SMILES string of the molecule is O=S(=O)([O-])C(F)(F)C(F)(F)C(F)(F)C(F)(F)OC(F)(F)C(F)(F)C(F)(F)C(F)(F)F.[K+]. The van der Waals surface area contributed by atoms with Crippen molar-refractivity contribution in [1.29, 1.82) is 0 Å². The van der Waals surface area contributed by atoms with E-state index in [4.69, 9.17) is 0 Å². The fraction of sp³-hybridized carbons (Fsp3) is 1.00. The Labute approximate surface area is 200 Å². The molecule has 0 fully saturated rings. The topological polar surface area (TPSA) is 66.4 Å². The summed E-state index contributed by atoms with van der Waals surface area (Å²) >= 11 is 0. The molecule has 0 heterocycles. The summed E-state index contributed by atoms with van der Waals surface area (Å²) in [6.45, 7) is 0. The maximum atomic E-state index is 13.0. The molecule has 0 rings (SSSR count). The van der Waals surface area contributed by atoms with Gasteiger partial charge in [-0.25, -0.2) is 13.2 Å². The van der Waals surface area contributed by atoms with Crippen LogP contribution in [-0.2, 0) is 14.9 Å². The second kappa shape index (κ2) is 8.52. The Morgan fingerprint density at radius 1 is 0.516 bits per heavy atom. The van der Waals surface area contributed by atoms with Crippen LogP contribution in [0.15, 0.2) is 0 Å². The molecule has 0 aromatic heterocycles. The second-order valence-corrected chi connectivity index (χ2v) is 6.32. The van der Waals surface area contributed by atoms with Gasteiger partial charge in [0.2, 0.25) is 0 Å². The van der Waals surface area contributed by atoms with Gasteiger partial charge in [-0.2, -0.15) is 74.6 Å². The Morgan fingerprint density at radius 2 is 0.774 bits per heavy atom. The standard InChI is InChI=1S/C8HF17O4S.K/c9-1(10,5(17,18)19)2(11,12)6(20,21)29-7(22,23)3(13,14)4(15,16)8(24,25)30(26,27)28;/h(H,26,27,28);/q;+1/p-1. The Morgan fingerprint density at radius 3 is 1.00 bits per heavy atom. The van der Waals surface area contributed by atoms with E-state index in [1.54, 1.807) is 0 Å². The summed E-state index contributed by atoms with van der Waals surface area (Å²) in [4.78, 5) is 0. The number of ether oxygens (including phenoxy) is 1. The molecule has 0 aliphatic heterocycles. The molecule has 0 aliphatic rings. The molecule has 23 heteroatoms. The van der Waals surface area contributed by atoms with Crippen LogP contribution in [0.4, 0.5) is 74.6 Å². The molecule has 0 bridgehead atoms. The average Bonchev–Trinajstić information content (AvgIpc) is 2.42. The third kappa shape index (κ3) is 5.06. The normalized spacial score (nSPS) is 16.2. The smallest absolute Gasteiger partial charge is 0.743 e. The fourth-order valence-corrected chi connectivity index (χ4v) is 1.61. The largest absolute Gasteiger partial charge is 1.00 e. The van der Waals surface area contributed by atoms with E-state index in [2.05, 4.69) is 0 Å². The van der Waals surface area contributed by atoms with Gasteiger partial charge in [-0.3, -0.25) is 0 Å². The van der Waals surface area contributed by atoms with Crippen LogP contribution in [0.2, 0.25) is 0 Å². The maximum Gasteiger partial charge on any atom is 1.00 e. The molecule has 0 N–H and O–H groups in total. The third-order valence-electron chi connectivity index (χ3n) is 2.81. The average molecular weight is 554 g/mol. The van der Waals surface area contributed by atoms with Crippen molar-refractivity contribution in [3.05, 3.63) is 0 Å². The monoisotopic (exact) mass is 554 g/mol. The molecule has 0 unspecified atom stereocenters. The Bertz CT molecular complexity index is 757. The molecule has 4 nitrogen and oxygen atoms in total. The van der Waals surface area contributed by atoms with Crippen LogP contribution >= 0.6 is 0 Å². The van der Waals surface area contributed by atoms with Crippen LogP contribution in [0.1, 0.15) is 0 Å². The Hall–Kier alpha value is 0.316. The number of rotatable bonds is 8. The number of hydrogen-bond acceptors (Lipinski definition) is 4. The fourth-order valence-electron chi connectivity index (χ4n) is 1.17. The van der Waals surface area contributed by atoms with Crippen LogP contribution in [0.3, 0.4) is 0 Å². The van der Waals surface area contributed by atoms with Crippen molar-refractivity contribution in [2.45, 2.75) is 47.3 Å². The van der Waals surface area contributed by atoms with Crippen molar-refractivity contribution in [2.24, 2.45) is 0 Å². The summed E-state index contributed by atoms with van der Waals surface area (Å²) in [5.41, 5.74) is 0. The first kappa shape index (κ1) is 33.5. The first-order valence-corrected chi connectivity index (χ1v) is 7.23. The van der Waals surface area contributed by atoms with Crippen LogP contribution in [0.5, 0.6) is 0 Å². The molecule has 0 aliphatic carbocycles. The van der Waals surface area contributed by atoms with Gasteiger partial charge in [0.15, 0.2) is 10.1 Å². The Balaban J connectivity index is 0. The molecular weight excluding hydrogens is 554 g/mol. The van der Waals surface area contributed by atoms with E-state index < -0.39 is 57.5 Å². The summed E-state index contributed by atoms with van der Waals surface area (Å²) in [5.74, 6) is -33.0. The summed E-state index contributed by atoms with van der Waals surface area (Å²) in [5, 5.41) is -7.79. The molecule has 0 radical (unpaired) electrons. The van der Waals surface area contributed by atoms with E-state index in [1.807, 2.05) is 0 Å². The summed E-state index contributed by atoms with van der Waals surface area (Å²) in [7, 11) is -8.02. The van der Waals surface area contributed by atoms with Gasteiger partial charge in [0.05, 0.1) is 0 Å². The molecule has 31 heavy (non-hydrogen) atoms. The summed E-state index contributed by atoms with van der Waals surface area (Å²) in [6.07, 6.45) is -24.1. The van der Waals surface area contributed by atoms with Crippen LogP contribution < -0.4 is 51.4 Å². The van der Waals surface area contributed by atoms with Gasteiger partial charge >= 0.3 is 98.7 Å². The molecule has 0 saturated carbocycles. The van der Waals surface area contributed by atoms with Crippen molar-refractivity contribution in [3.8, 4) is 0 Å². The molecular formula is C8F17KO4S. The minimum Gasteiger partial charge on any atom is -0.743 e. The number of hydrogen-bond donors (Lipinski definition) is 0. The second-order valence-electron chi connectivity index (χ2n) is 4.90. The molecule has 0 spiro atoms.